The number of hydrogen-bond acceptors (Lipinski definition) is 3. The number of benzene rings is 1. The van der Waals surface area contributed by atoms with Gasteiger partial charge in [-0.25, -0.2) is 9.37 Å². The van der Waals surface area contributed by atoms with E-state index in [1.807, 2.05) is 13.8 Å². The van der Waals surface area contributed by atoms with Crippen LogP contribution >= 0.6 is 0 Å². The van der Waals surface area contributed by atoms with Crippen molar-refractivity contribution in [3.05, 3.63) is 29.8 Å². The molecule has 0 aliphatic rings. The van der Waals surface area contributed by atoms with Gasteiger partial charge >= 0.3 is 0 Å². The molecule has 0 N–H and O–H groups in total. The van der Waals surface area contributed by atoms with Crippen molar-refractivity contribution in [1.29, 1.82) is 0 Å². The molecule has 0 fully saturated rings. The van der Waals surface area contributed by atoms with E-state index in [-0.39, 0.29) is 5.75 Å². The summed E-state index contributed by atoms with van der Waals surface area (Å²) >= 11 is 0. The zero-order valence-corrected chi connectivity index (χ0v) is 8.62. The summed E-state index contributed by atoms with van der Waals surface area (Å²) < 4.78 is 18.6. The van der Waals surface area contributed by atoms with E-state index in [0.717, 1.165) is 5.69 Å². The van der Waals surface area contributed by atoms with E-state index in [9.17, 15) is 4.39 Å². The van der Waals surface area contributed by atoms with Gasteiger partial charge < -0.3 is 4.74 Å². The molecule has 0 aliphatic heterocycles. The number of rotatable bonds is 2. The Balaban J connectivity index is 2.61. The van der Waals surface area contributed by atoms with Crippen LogP contribution in [0.2, 0.25) is 0 Å². The third kappa shape index (κ3) is 1.88. The molecule has 2 rings (SSSR count). The number of aromatic nitrogens is 2. The summed E-state index contributed by atoms with van der Waals surface area (Å²) in [4.78, 5) is 8.34. The van der Waals surface area contributed by atoms with Gasteiger partial charge in [0.2, 0.25) is 0 Å². The van der Waals surface area contributed by atoms with E-state index in [1.165, 1.54) is 6.07 Å². The van der Waals surface area contributed by atoms with Gasteiger partial charge in [-0.05, 0) is 13.8 Å². The van der Waals surface area contributed by atoms with Gasteiger partial charge in [0, 0.05) is 18.3 Å². The van der Waals surface area contributed by atoms with Gasteiger partial charge in [-0.2, -0.15) is 0 Å². The fraction of sp³-hybridized carbons (Fsp3) is 0.273. The Labute approximate surface area is 86.9 Å². The monoisotopic (exact) mass is 206 g/mol. The normalized spacial score (nSPS) is 10.6. The van der Waals surface area contributed by atoms with Crippen LogP contribution in [0.1, 0.15) is 12.6 Å². The molecule has 2 aromatic rings. The lowest BCUT2D eigenvalue weighted by Crippen LogP contribution is -1.96. The summed E-state index contributed by atoms with van der Waals surface area (Å²) in [6.45, 7) is 4.09. The molecule has 0 bridgehead atoms. The average Bonchev–Trinajstić information content (AvgIpc) is 2.20. The molecule has 0 radical (unpaired) electrons. The largest absolute Gasteiger partial charge is 0.491 e. The first-order valence-corrected chi connectivity index (χ1v) is 4.76. The van der Waals surface area contributed by atoms with Crippen molar-refractivity contribution in [1.82, 2.24) is 9.97 Å². The highest BCUT2D eigenvalue weighted by Gasteiger charge is 2.07. The Bertz CT molecular complexity index is 499. The first-order valence-electron chi connectivity index (χ1n) is 4.76. The maximum atomic E-state index is 13.4. The van der Waals surface area contributed by atoms with Crippen LogP contribution in [0.3, 0.4) is 0 Å². The van der Waals surface area contributed by atoms with Crippen molar-refractivity contribution in [2.75, 3.05) is 6.61 Å². The Morgan fingerprint density at radius 3 is 2.87 bits per heavy atom. The Morgan fingerprint density at radius 1 is 1.33 bits per heavy atom. The number of halogens is 1. The molecular formula is C11H11FN2O. The van der Waals surface area contributed by atoms with Gasteiger partial charge in [-0.3, -0.25) is 4.98 Å². The van der Waals surface area contributed by atoms with Crippen LogP contribution in [0.4, 0.5) is 4.39 Å². The molecule has 4 heteroatoms. The van der Waals surface area contributed by atoms with E-state index < -0.39 is 5.82 Å². The van der Waals surface area contributed by atoms with Crippen molar-refractivity contribution < 1.29 is 9.13 Å². The predicted octanol–water partition coefficient (Wildman–Crippen LogP) is 2.48. The number of hydrogen-bond donors (Lipinski definition) is 0. The molecule has 0 saturated carbocycles. The van der Waals surface area contributed by atoms with Gasteiger partial charge in [0.1, 0.15) is 0 Å². The van der Waals surface area contributed by atoms with E-state index >= 15 is 0 Å². The second-order valence-electron chi connectivity index (χ2n) is 3.22. The molecule has 15 heavy (non-hydrogen) atoms. The van der Waals surface area contributed by atoms with Crippen molar-refractivity contribution >= 4 is 11.0 Å². The molecule has 1 aromatic carbocycles. The fourth-order valence-electron chi connectivity index (χ4n) is 1.37. The highest BCUT2D eigenvalue weighted by atomic mass is 19.1. The number of aryl methyl sites for hydroxylation is 1. The van der Waals surface area contributed by atoms with E-state index in [0.29, 0.717) is 17.6 Å². The topological polar surface area (TPSA) is 35.0 Å². The quantitative estimate of drug-likeness (QED) is 0.757. The predicted molar refractivity (Wildman–Crippen MR) is 55.4 cm³/mol. The average molecular weight is 206 g/mol. The van der Waals surface area contributed by atoms with Crippen LogP contribution in [0, 0.1) is 12.7 Å². The fourth-order valence-corrected chi connectivity index (χ4v) is 1.37. The first-order chi connectivity index (χ1) is 7.20. The second kappa shape index (κ2) is 3.81. The second-order valence-corrected chi connectivity index (χ2v) is 3.22. The number of nitrogens with zero attached hydrogens (tertiary/aromatic N) is 2. The molecule has 0 aliphatic carbocycles. The van der Waals surface area contributed by atoms with E-state index in [4.69, 9.17) is 4.74 Å². The minimum Gasteiger partial charge on any atom is -0.491 e. The highest BCUT2D eigenvalue weighted by molar-refractivity contribution is 5.76. The van der Waals surface area contributed by atoms with Crippen molar-refractivity contribution in [2.24, 2.45) is 0 Å². The summed E-state index contributed by atoms with van der Waals surface area (Å²) in [5.41, 5.74) is 2.00. The SMILES string of the molecule is CCOc1cc2nc(C)cnc2cc1F. The molecule has 78 valence electrons. The van der Waals surface area contributed by atoms with Crippen LogP contribution in [0.25, 0.3) is 11.0 Å². The molecular weight excluding hydrogens is 195 g/mol. The third-order valence-corrected chi connectivity index (χ3v) is 2.02. The molecule has 1 aromatic heterocycles. The zero-order chi connectivity index (χ0) is 10.8. The molecule has 0 amide bonds. The minimum atomic E-state index is -0.400. The standard InChI is InChI=1S/C11H11FN2O/c1-3-15-11-5-10-9(4-8(11)12)13-6-7(2)14-10/h4-6H,3H2,1-2H3. The molecule has 0 atom stereocenters. The molecule has 0 spiro atoms. The lowest BCUT2D eigenvalue weighted by molar-refractivity contribution is 0.322. The first kappa shape index (κ1) is 9.83. The molecule has 0 unspecified atom stereocenters. The lowest BCUT2D eigenvalue weighted by atomic mass is 10.2. The van der Waals surface area contributed by atoms with Gasteiger partial charge in [-0.1, -0.05) is 0 Å². The van der Waals surface area contributed by atoms with Gasteiger partial charge in [0.15, 0.2) is 11.6 Å². The van der Waals surface area contributed by atoms with E-state index in [1.54, 1.807) is 12.3 Å². The number of ether oxygens (including phenoxy) is 1. The van der Waals surface area contributed by atoms with E-state index in [2.05, 4.69) is 9.97 Å². The summed E-state index contributed by atoms with van der Waals surface area (Å²) in [6.07, 6.45) is 1.61. The Morgan fingerprint density at radius 2 is 2.13 bits per heavy atom. The third-order valence-electron chi connectivity index (χ3n) is 2.02. The van der Waals surface area contributed by atoms with Crippen molar-refractivity contribution in [3.63, 3.8) is 0 Å². The summed E-state index contributed by atoms with van der Waals surface area (Å²) in [7, 11) is 0. The molecule has 3 nitrogen and oxygen atoms in total. The van der Waals surface area contributed by atoms with Crippen LogP contribution in [-0.2, 0) is 0 Å². The summed E-state index contributed by atoms with van der Waals surface area (Å²) in [5, 5.41) is 0. The zero-order valence-electron chi connectivity index (χ0n) is 8.62. The van der Waals surface area contributed by atoms with Crippen molar-refractivity contribution in [3.8, 4) is 5.75 Å². The Hall–Kier alpha value is -1.71. The lowest BCUT2D eigenvalue weighted by Gasteiger charge is -2.05. The van der Waals surface area contributed by atoms with Crippen molar-refractivity contribution in [2.45, 2.75) is 13.8 Å². The summed E-state index contributed by atoms with van der Waals surface area (Å²) in [6, 6.07) is 2.92. The molecule has 0 saturated heterocycles. The Kier molecular flexibility index (Phi) is 2.49. The van der Waals surface area contributed by atoms with Gasteiger partial charge in [-0.15, -0.1) is 0 Å². The van der Waals surface area contributed by atoms with Crippen LogP contribution in [0.15, 0.2) is 18.3 Å². The van der Waals surface area contributed by atoms with Crippen LogP contribution in [-0.4, -0.2) is 16.6 Å². The minimum absolute atomic E-state index is 0.227. The maximum absolute atomic E-state index is 13.4. The number of fused-ring (bicyclic) bond motifs is 1. The summed E-state index contributed by atoms with van der Waals surface area (Å²) in [5.74, 6) is -0.174. The maximum Gasteiger partial charge on any atom is 0.167 e. The smallest absolute Gasteiger partial charge is 0.167 e. The highest BCUT2D eigenvalue weighted by Crippen LogP contribution is 2.22. The van der Waals surface area contributed by atoms with Crippen LogP contribution < -0.4 is 4.74 Å². The van der Waals surface area contributed by atoms with Crippen LogP contribution in [0.5, 0.6) is 5.75 Å². The molecule has 1 heterocycles. The van der Waals surface area contributed by atoms with Gasteiger partial charge in [0.05, 0.1) is 23.3 Å². The van der Waals surface area contributed by atoms with Gasteiger partial charge in [0.25, 0.3) is 0 Å².